The van der Waals surface area contributed by atoms with E-state index in [-0.39, 0.29) is 0 Å². The van der Waals surface area contributed by atoms with Crippen molar-refractivity contribution in [2.24, 2.45) is 5.73 Å². The molecule has 4 heteroatoms. The molecule has 2 aromatic heterocycles. The molecule has 0 atom stereocenters. The van der Waals surface area contributed by atoms with Gasteiger partial charge in [0, 0.05) is 16.5 Å². The Morgan fingerprint density at radius 3 is 2.62 bits per heavy atom. The standard InChI is InChI=1S/C17H16N2OS/c1-3-12-14-10(2)13(16(18)20)9-19-17(14)21-15(12)11-7-5-4-6-8-11/h4-9H,3H2,1-2H3,(H2,18,20). The minimum atomic E-state index is -0.420. The summed E-state index contributed by atoms with van der Waals surface area (Å²) in [5, 5.41) is 1.08. The SMILES string of the molecule is CCc1c(-c2ccccc2)sc2ncc(C(N)=O)c(C)c12. The third-order valence-corrected chi connectivity index (χ3v) is 4.92. The first-order valence-electron chi connectivity index (χ1n) is 6.89. The fourth-order valence-corrected chi connectivity index (χ4v) is 3.99. The van der Waals surface area contributed by atoms with Crippen molar-refractivity contribution in [1.82, 2.24) is 4.98 Å². The number of aromatic nitrogens is 1. The number of fused-ring (bicyclic) bond motifs is 1. The zero-order valence-corrected chi connectivity index (χ0v) is 12.8. The Bertz CT molecular complexity index is 822. The molecule has 0 saturated heterocycles. The Morgan fingerprint density at radius 1 is 1.29 bits per heavy atom. The van der Waals surface area contributed by atoms with Crippen molar-refractivity contribution in [3.8, 4) is 10.4 Å². The van der Waals surface area contributed by atoms with Gasteiger partial charge in [0.15, 0.2) is 0 Å². The van der Waals surface area contributed by atoms with E-state index in [2.05, 4.69) is 24.0 Å². The Hall–Kier alpha value is -2.20. The maximum Gasteiger partial charge on any atom is 0.250 e. The number of nitrogens with zero attached hydrogens (tertiary/aromatic N) is 1. The Morgan fingerprint density at radius 2 is 2.00 bits per heavy atom. The van der Waals surface area contributed by atoms with Gasteiger partial charge < -0.3 is 5.73 Å². The Kier molecular flexibility index (Phi) is 3.47. The second-order valence-electron chi connectivity index (χ2n) is 4.97. The number of pyridine rings is 1. The van der Waals surface area contributed by atoms with Crippen LogP contribution in [0.25, 0.3) is 20.7 Å². The maximum atomic E-state index is 11.5. The summed E-state index contributed by atoms with van der Waals surface area (Å²) in [6, 6.07) is 10.3. The fourth-order valence-electron chi connectivity index (χ4n) is 2.69. The van der Waals surface area contributed by atoms with E-state index in [0.717, 1.165) is 22.2 Å². The first-order valence-corrected chi connectivity index (χ1v) is 7.71. The summed E-state index contributed by atoms with van der Waals surface area (Å²) < 4.78 is 0. The van der Waals surface area contributed by atoms with Gasteiger partial charge in [0.2, 0.25) is 0 Å². The van der Waals surface area contributed by atoms with Gasteiger partial charge in [-0.1, -0.05) is 37.3 Å². The minimum Gasteiger partial charge on any atom is -0.366 e. The van der Waals surface area contributed by atoms with Gasteiger partial charge in [-0.05, 0) is 30.0 Å². The summed E-state index contributed by atoms with van der Waals surface area (Å²) in [7, 11) is 0. The highest BCUT2D eigenvalue weighted by Gasteiger charge is 2.18. The van der Waals surface area contributed by atoms with Gasteiger partial charge in [0.1, 0.15) is 4.83 Å². The predicted molar refractivity (Wildman–Crippen MR) is 87.7 cm³/mol. The highest BCUT2D eigenvalue weighted by molar-refractivity contribution is 7.22. The summed E-state index contributed by atoms with van der Waals surface area (Å²) in [6.07, 6.45) is 2.49. The highest BCUT2D eigenvalue weighted by atomic mass is 32.1. The number of benzene rings is 1. The van der Waals surface area contributed by atoms with E-state index in [1.807, 2.05) is 25.1 Å². The molecule has 0 aliphatic carbocycles. The van der Waals surface area contributed by atoms with E-state index in [4.69, 9.17) is 5.73 Å². The van der Waals surface area contributed by atoms with E-state index in [1.165, 1.54) is 16.0 Å². The van der Waals surface area contributed by atoms with Crippen LogP contribution in [0.2, 0.25) is 0 Å². The van der Waals surface area contributed by atoms with E-state index in [1.54, 1.807) is 17.5 Å². The van der Waals surface area contributed by atoms with Crippen molar-refractivity contribution in [2.75, 3.05) is 0 Å². The normalized spacial score (nSPS) is 11.0. The fraction of sp³-hybridized carbons (Fsp3) is 0.176. The minimum absolute atomic E-state index is 0.420. The summed E-state index contributed by atoms with van der Waals surface area (Å²) >= 11 is 1.67. The number of hydrogen-bond donors (Lipinski definition) is 1. The average molecular weight is 296 g/mol. The maximum absolute atomic E-state index is 11.5. The van der Waals surface area contributed by atoms with Crippen LogP contribution >= 0.6 is 11.3 Å². The molecular weight excluding hydrogens is 280 g/mol. The molecule has 0 saturated carbocycles. The van der Waals surface area contributed by atoms with Crippen LogP contribution in [0.5, 0.6) is 0 Å². The molecule has 0 unspecified atom stereocenters. The molecule has 1 aromatic carbocycles. The first-order chi connectivity index (χ1) is 10.1. The van der Waals surface area contributed by atoms with Crippen molar-refractivity contribution < 1.29 is 4.79 Å². The Balaban J connectivity index is 2.34. The third kappa shape index (κ3) is 2.21. The van der Waals surface area contributed by atoms with Crippen LogP contribution in [0, 0.1) is 6.92 Å². The monoisotopic (exact) mass is 296 g/mol. The molecule has 0 fully saturated rings. The molecule has 2 heterocycles. The van der Waals surface area contributed by atoms with Crippen LogP contribution in [0.4, 0.5) is 0 Å². The van der Waals surface area contributed by atoms with Gasteiger partial charge in [-0.2, -0.15) is 0 Å². The highest BCUT2D eigenvalue weighted by Crippen LogP contribution is 2.39. The van der Waals surface area contributed by atoms with E-state index < -0.39 is 5.91 Å². The summed E-state index contributed by atoms with van der Waals surface area (Å²) in [5.41, 5.74) is 9.32. The van der Waals surface area contributed by atoms with Crippen LogP contribution in [-0.2, 0) is 6.42 Å². The number of hydrogen-bond acceptors (Lipinski definition) is 3. The molecule has 0 aliphatic rings. The molecule has 3 aromatic rings. The van der Waals surface area contributed by atoms with Crippen molar-refractivity contribution in [3.63, 3.8) is 0 Å². The number of primary amides is 1. The van der Waals surface area contributed by atoms with Gasteiger partial charge in [0.05, 0.1) is 5.56 Å². The van der Waals surface area contributed by atoms with Gasteiger partial charge in [0.25, 0.3) is 5.91 Å². The van der Waals surface area contributed by atoms with E-state index >= 15 is 0 Å². The predicted octanol–water partition coefficient (Wildman–Crippen LogP) is 3.93. The van der Waals surface area contributed by atoms with Crippen LogP contribution in [0.3, 0.4) is 0 Å². The molecule has 106 valence electrons. The van der Waals surface area contributed by atoms with Crippen LogP contribution in [0.1, 0.15) is 28.4 Å². The van der Waals surface area contributed by atoms with Crippen LogP contribution in [-0.4, -0.2) is 10.9 Å². The zero-order valence-electron chi connectivity index (χ0n) is 12.0. The first kappa shape index (κ1) is 13.8. The molecular formula is C17H16N2OS. The zero-order chi connectivity index (χ0) is 15.0. The van der Waals surface area contributed by atoms with Gasteiger partial charge in [-0.25, -0.2) is 4.98 Å². The number of rotatable bonds is 3. The van der Waals surface area contributed by atoms with Crippen molar-refractivity contribution in [1.29, 1.82) is 0 Å². The molecule has 1 amide bonds. The molecule has 0 radical (unpaired) electrons. The number of carbonyl (C=O) groups excluding carboxylic acids is 1. The van der Waals surface area contributed by atoms with E-state index in [0.29, 0.717) is 5.56 Å². The van der Waals surface area contributed by atoms with Gasteiger partial charge in [-0.3, -0.25) is 4.79 Å². The number of nitrogens with two attached hydrogens (primary N) is 1. The lowest BCUT2D eigenvalue weighted by Crippen LogP contribution is -2.13. The lowest BCUT2D eigenvalue weighted by molar-refractivity contribution is 0.0999. The molecule has 3 rings (SSSR count). The molecule has 2 N–H and O–H groups in total. The molecule has 0 aliphatic heterocycles. The molecule has 0 bridgehead atoms. The molecule has 3 nitrogen and oxygen atoms in total. The van der Waals surface area contributed by atoms with Crippen molar-refractivity contribution in [2.45, 2.75) is 20.3 Å². The lowest BCUT2D eigenvalue weighted by Gasteiger charge is -2.05. The topological polar surface area (TPSA) is 56.0 Å². The van der Waals surface area contributed by atoms with Crippen molar-refractivity contribution in [3.05, 3.63) is 53.2 Å². The quantitative estimate of drug-likeness (QED) is 0.796. The average Bonchev–Trinajstić information content (AvgIpc) is 2.87. The van der Waals surface area contributed by atoms with Crippen LogP contribution in [0.15, 0.2) is 36.5 Å². The second-order valence-corrected chi connectivity index (χ2v) is 5.97. The lowest BCUT2D eigenvalue weighted by atomic mass is 9.99. The summed E-state index contributed by atoms with van der Waals surface area (Å²) in [4.78, 5) is 18.2. The number of aryl methyl sites for hydroxylation is 2. The summed E-state index contributed by atoms with van der Waals surface area (Å²) in [5.74, 6) is -0.420. The van der Waals surface area contributed by atoms with E-state index in [9.17, 15) is 4.79 Å². The summed E-state index contributed by atoms with van der Waals surface area (Å²) in [6.45, 7) is 4.08. The third-order valence-electron chi connectivity index (χ3n) is 3.73. The number of carbonyl (C=O) groups is 1. The number of amides is 1. The second kappa shape index (κ2) is 5.30. The number of thiophene rings is 1. The Labute approximate surface area is 127 Å². The van der Waals surface area contributed by atoms with Crippen molar-refractivity contribution >= 4 is 27.5 Å². The van der Waals surface area contributed by atoms with Gasteiger partial charge in [-0.15, -0.1) is 11.3 Å². The van der Waals surface area contributed by atoms with Gasteiger partial charge >= 0.3 is 0 Å². The smallest absolute Gasteiger partial charge is 0.250 e. The largest absolute Gasteiger partial charge is 0.366 e. The molecule has 0 spiro atoms. The molecule has 21 heavy (non-hydrogen) atoms. The van der Waals surface area contributed by atoms with Crippen LogP contribution < -0.4 is 5.73 Å².